The van der Waals surface area contributed by atoms with E-state index in [2.05, 4.69) is 20.8 Å². The van der Waals surface area contributed by atoms with Gasteiger partial charge < -0.3 is 19.5 Å². The molecule has 30 heavy (non-hydrogen) atoms. The van der Waals surface area contributed by atoms with Gasteiger partial charge >= 0.3 is 0 Å². The fourth-order valence-corrected chi connectivity index (χ4v) is 3.55. The van der Waals surface area contributed by atoms with E-state index in [1.165, 1.54) is 33.1 Å². The molecule has 0 fully saturated rings. The number of rotatable bonds is 8. The molecule has 1 heterocycles. The summed E-state index contributed by atoms with van der Waals surface area (Å²) in [5.74, 6) is 1.28. The van der Waals surface area contributed by atoms with Gasteiger partial charge in [-0.05, 0) is 41.5 Å². The molecule has 0 unspecified atom stereocenters. The molecule has 1 amide bonds. The van der Waals surface area contributed by atoms with E-state index in [1.54, 1.807) is 16.8 Å². The summed E-state index contributed by atoms with van der Waals surface area (Å²) >= 11 is 1.25. The first-order valence-corrected chi connectivity index (χ1v) is 10.0. The zero-order chi connectivity index (χ0) is 21.7. The highest BCUT2D eigenvalue weighted by molar-refractivity contribution is 7.99. The van der Waals surface area contributed by atoms with Crippen molar-refractivity contribution in [3.05, 3.63) is 41.5 Å². The van der Waals surface area contributed by atoms with Crippen LogP contribution in [-0.4, -0.2) is 53.2 Å². The summed E-state index contributed by atoms with van der Waals surface area (Å²) in [5.41, 5.74) is 3.63. The molecule has 158 valence electrons. The lowest BCUT2D eigenvalue weighted by Crippen LogP contribution is -2.15. The third-order valence-corrected chi connectivity index (χ3v) is 5.45. The number of tetrazole rings is 1. The maximum Gasteiger partial charge on any atom is 0.234 e. The minimum Gasteiger partial charge on any atom is -0.493 e. The number of methoxy groups -OCH3 is 3. The van der Waals surface area contributed by atoms with Gasteiger partial charge in [-0.2, -0.15) is 4.68 Å². The summed E-state index contributed by atoms with van der Waals surface area (Å²) in [6, 6.07) is 9.26. The molecule has 0 spiro atoms. The molecule has 0 atom stereocenters. The van der Waals surface area contributed by atoms with Crippen LogP contribution >= 0.6 is 11.8 Å². The third kappa shape index (κ3) is 4.48. The van der Waals surface area contributed by atoms with Crippen molar-refractivity contribution >= 4 is 23.4 Å². The number of hydrogen-bond donors (Lipinski definition) is 1. The minimum atomic E-state index is -0.218. The Labute approximate surface area is 178 Å². The van der Waals surface area contributed by atoms with Crippen LogP contribution in [0, 0.1) is 13.8 Å². The Morgan fingerprint density at radius 1 is 1.10 bits per heavy atom. The maximum atomic E-state index is 12.5. The Balaban J connectivity index is 1.72. The van der Waals surface area contributed by atoms with Gasteiger partial charge in [0.25, 0.3) is 0 Å². The van der Waals surface area contributed by atoms with Crippen molar-refractivity contribution in [2.45, 2.75) is 19.0 Å². The average Bonchev–Trinajstić information content (AvgIpc) is 3.21. The Bertz CT molecular complexity index is 1030. The van der Waals surface area contributed by atoms with Crippen LogP contribution in [0.2, 0.25) is 0 Å². The molecular weight excluding hydrogens is 406 g/mol. The van der Waals surface area contributed by atoms with Gasteiger partial charge in [0.05, 0.1) is 32.8 Å². The third-order valence-electron chi connectivity index (χ3n) is 4.53. The van der Waals surface area contributed by atoms with Gasteiger partial charge in [-0.15, -0.1) is 5.10 Å². The monoisotopic (exact) mass is 429 g/mol. The predicted octanol–water partition coefficient (Wildman–Crippen LogP) is 3.04. The van der Waals surface area contributed by atoms with Gasteiger partial charge in [-0.1, -0.05) is 23.9 Å². The summed E-state index contributed by atoms with van der Waals surface area (Å²) in [4.78, 5) is 12.5. The molecular formula is C20H23N5O4S. The van der Waals surface area contributed by atoms with Crippen LogP contribution < -0.4 is 19.5 Å². The number of carbonyl (C=O) groups is 1. The lowest BCUT2D eigenvalue weighted by Gasteiger charge is -2.14. The summed E-state index contributed by atoms with van der Waals surface area (Å²) in [7, 11) is 4.56. The molecule has 3 rings (SSSR count). The normalized spacial score (nSPS) is 10.6. The number of hydrogen-bond acceptors (Lipinski definition) is 8. The van der Waals surface area contributed by atoms with Crippen molar-refractivity contribution in [3.8, 4) is 22.9 Å². The van der Waals surface area contributed by atoms with Gasteiger partial charge in [0.2, 0.25) is 16.8 Å². The van der Waals surface area contributed by atoms with Crippen molar-refractivity contribution in [1.29, 1.82) is 0 Å². The molecule has 1 aromatic heterocycles. The molecule has 3 aromatic rings. The largest absolute Gasteiger partial charge is 0.493 e. The standard InChI is InChI=1S/C20H23N5O4S/c1-12-7-6-8-15(13(12)2)25-20(22-23-24-25)30-11-18(26)21-14-9-16(27-3)19(29-5)17(10-14)28-4/h6-10H,11H2,1-5H3,(H,21,26). The highest BCUT2D eigenvalue weighted by Gasteiger charge is 2.16. The van der Waals surface area contributed by atoms with Crippen LogP contribution in [0.5, 0.6) is 17.2 Å². The number of thioether (sulfide) groups is 1. The van der Waals surface area contributed by atoms with E-state index in [9.17, 15) is 4.79 Å². The van der Waals surface area contributed by atoms with Crippen LogP contribution in [0.15, 0.2) is 35.5 Å². The molecule has 9 nitrogen and oxygen atoms in total. The highest BCUT2D eigenvalue weighted by atomic mass is 32.2. The fourth-order valence-electron chi connectivity index (χ4n) is 2.87. The van der Waals surface area contributed by atoms with E-state index < -0.39 is 0 Å². The fraction of sp³-hybridized carbons (Fsp3) is 0.300. The van der Waals surface area contributed by atoms with Crippen LogP contribution in [0.3, 0.4) is 0 Å². The molecule has 0 saturated heterocycles. The first kappa shape index (κ1) is 21.4. The van der Waals surface area contributed by atoms with Crippen molar-refractivity contribution in [1.82, 2.24) is 20.2 Å². The van der Waals surface area contributed by atoms with Gasteiger partial charge in [0.15, 0.2) is 11.5 Å². The first-order chi connectivity index (χ1) is 14.5. The lowest BCUT2D eigenvalue weighted by molar-refractivity contribution is -0.113. The molecule has 10 heteroatoms. The minimum absolute atomic E-state index is 0.127. The second-order valence-corrected chi connectivity index (χ2v) is 7.29. The molecule has 2 aromatic carbocycles. The van der Waals surface area contributed by atoms with Gasteiger partial charge in [0.1, 0.15) is 0 Å². The lowest BCUT2D eigenvalue weighted by atomic mass is 10.1. The van der Waals surface area contributed by atoms with Crippen molar-refractivity contribution in [2.75, 3.05) is 32.4 Å². The second-order valence-electron chi connectivity index (χ2n) is 6.34. The molecule has 0 saturated carbocycles. The van der Waals surface area contributed by atoms with E-state index in [-0.39, 0.29) is 11.7 Å². The van der Waals surface area contributed by atoms with Gasteiger partial charge in [-0.3, -0.25) is 4.79 Å². The summed E-state index contributed by atoms with van der Waals surface area (Å²) < 4.78 is 17.6. The van der Waals surface area contributed by atoms with Crippen molar-refractivity contribution < 1.29 is 19.0 Å². The van der Waals surface area contributed by atoms with Gasteiger partial charge in [-0.25, -0.2) is 0 Å². The zero-order valence-corrected chi connectivity index (χ0v) is 18.2. The number of aryl methyl sites for hydroxylation is 1. The number of carbonyl (C=O) groups excluding carboxylic acids is 1. The van der Waals surface area contributed by atoms with Crippen molar-refractivity contribution in [3.63, 3.8) is 0 Å². The number of benzene rings is 2. The number of aromatic nitrogens is 4. The van der Waals surface area contributed by atoms with Crippen LogP contribution in [0.4, 0.5) is 5.69 Å². The molecule has 0 aliphatic carbocycles. The van der Waals surface area contributed by atoms with E-state index >= 15 is 0 Å². The summed E-state index contributed by atoms with van der Waals surface area (Å²) in [6.45, 7) is 4.04. The SMILES string of the molecule is COc1cc(NC(=O)CSc2nnnn2-c2cccc(C)c2C)cc(OC)c1OC. The number of ether oxygens (including phenoxy) is 3. The van der Waals surface area contributed by atoms with E-state index in [1.807, 2.05) is 32.0 Å². The summed E-state index contributed by atoms with van der Waals surface area (Å²) in [5, 5.41) is 15.2. The van der Waals surface area contributed by atoms with Crippen LogP contribution in [0.1, 0.15) is 11.1 Å². The number of amides is 1. The number of anilines is 1. The smallest absolute Gasteiger partial charge is 0.234 e. The highest BCUT2D eigenvalue weighted by Crippen LogP contribution is 2.40. The molecule has 0 bridgehead atoms. The second kappa shape index (κ2) is 9.49. The predicted molar refractivity (Wildman–Crippen MR) is 114 cm³/mol. The molecule has 0 radical (unpaired) electrons. The van der Waals surface area contributed by atoms with E-state index in [0.717, 1.165) is 16.8 Å². The van der Waals surface area contributed by atoms with Gasteiger partial charge in [0, 0.05) is 17.8 Å². The average molecular weight is 430 g/mol. The Morgan fingerprint density at radius 3 is 2.43 bits per heavy atom. The van der Waals surface area contributed by atoms with Crippen molar-refractivity contribution in [2.24, 2.45) is 0 Å². The Kier molecular flexibility index (Phi) is 6.78. The van der Waals surface area contributed by atoms with E-state index in [4.69, 9.17) is 14.2 Å². The van der Waals surface area contributed by atoms with Crippen LogP contribution in [0.25, 0.3) is 5.69 Å². The Morgan fingerprint density at radius 2 is 1.80 bits per heavy atom. The quantitative estimate of drug-likeness (QED) is 0.546. The summed E-state index contributed by atoms with van der Waals surface area (Å²) in [6.07, 6.45) is 0. The number of nitrogens with one attached hydrogen (secondary N) is 1. The number of nitrogens with zero attached hydrogens (tertiary/aromatic N) is 4. The van der Waals surface area contributed by atoms with E-state index in [0.29, 0.717) is 28.1 Å². The zero-order valence-electron chi connectivity index (χ0n) is 17.4. The molecule has 0 aliphatic heterocycles. The Hall–Kier alpha value is -3.27. The first-order valence-electron chi connectivity index (χ1n) is 9.06. The molecule has 1 N–H and O–H groups in total. The molecule has 0 aliphatic rings. The van der Waals surface area contributed by atoms with Crippen LogP contribution in [-0.2, 0) is 4.79 Å². The maximum absolute atomic E-state index is 12.5. The topological polar surface area (TPSA) is 100 Å².